The third-order valence-electron chi connectivity index (χ3n) is 3.71. The molecule has 0 fully saturated rings. The highest BCUT2D eigenvalue weighted by Crippen LogP contribution is 2.31. The first-order valence-electron chi connectivity index (χ1n) is 8.08. The smallest absolute Gasteiger partial charge is 0.171 e. The van der Waals surface area contributed by atoms with E-state index < -0.39 is 0 Å². The second kappa shape index (κ2) is 8.14. The molecule has 1 aromatic heterocycles. The van der Waals surface area contributed by atoms with Crippen LogP contribution in [-0.4, -0.2) is 16.3 Å². The molecule has 2 rings (SSSR count). The van der Waals surface area contributed by atoms with E-state index in [4.69, 9.17) is 21.0 Å². The quantitative estimate of drug-likeness (QED) is 0.844. The summed E-state index contributed by atoms with van der Waals surface area (Å²) in [6.07, 6.45) is 2.36. The topological polar surface area (TPSA) is 101 Å². The van der Waals surface area contributed by atoms with Gasteiger partial charge in [0.1, 0.15) is 11.4 Å². The number of nitrogens with zero attached hydrogens (tertiary/aromatic N) is 4. The van der Waals surface area contributed by atoms with E-state index in [1.54, 1.807) is 18.2 Å². The van der Waals surface area contributed by atoms with Gasteiger partial charge in [0.15, 0.2) is 5.75 Å². The van der Waals surface area contributed by atoms with Crippen molar-refractivity contribution in [2.24, 2.45) is 5.73 Å². The summed E-state index contributed by atoms with van der Waals surface area (Å²) in [6.45, 7) is 5.43. The van der Waals surface area contributed by atoms with E-state index in [1.807, 2.05) is 11.6 Å². The summed E-state index contributed by atoms with van der Waals surface area (Å²) in [6, 6.07) is 8.92. The molecule has 0 aliphatic rings. The van der Waals surface area contributed by atoms with Crippen LogP contribution in [0.3, 0.4) is 0 Å². The fraction of sp³-hybridized carbons (Fsp3) is 0.389. The summed E-state index contributed by atoms with van der Waals surface area (Å²) in [7, 11) is 0. The molecular formula is C18H21N5O. The molecule has 0 unspecified atom stereocenters. The van der Waals surface area contributed by atoms with Gasteiger partial charge in [-0.2, -0.15) is 15.6 Å². The van der Waals surface area contributed by atoms with Crippen LogP contribution in [0.25, 0.3) is 0 Å². The number of rotatable bonds is 7. The maximum atomic E-state index is 9.11. The van der Waals surface area contributed by atoms with E-state index >= 15 is 0 Å². The highest BCUT2D eigenvalue weighted by atomic mass is 16.5. The standard InChI is InChI=1S/C18H21N5O/c1-3-16-18(17(4-2)23(22-16)7-5-6-19)24-15-9-13(11-20)8-14(10-15)12-21/h8-10H,3-7,19H2,1-2H3. The molecular weight excluding hydrogens is 302 g/mol. The van der Waals surface area contributed by atoms with Gasteiger partial charge in [0.05, 0.1) is 29.0 Å². The van der Waals surface area contributed by atoms with Crippen molar-refractivity contribution >= 4 is 0 Å². The number of ether oxygens (including phenoxy) is 1. The Morgan fingerprint density at radius 1 is 1.12 bits per heavy atom. The highest BCUT2D eigenvalue weighted by molar-refractivity contribution is 5.48. The Morgan fingerprint density at radius 2 is 1.79 bits per heavy atom. The number of benzene rings is 1. The molecule has 0 atom stereocenters. The zero-order valence-corrected chi connectivity index (χ0v) is 14.0. The molecule has 0 bridgehead atoms. The van der Waals surface area contributed by atoms with Gasteiger partial charge in [-0.25, -0.2) is 0 Å². The number of nitrogens with two attached hydrogens (primary N) is 1. The molecule has 0 spiro atoms. The molecule has 1 aromatic carbocycles. The predicted octanol–water partition coefficient (Wildman–Crippen LogP) is 2.89. The van der Waals surface area contributed by atoms with Crippen molar-refractivity contribution in [1.29, 1.82) is 10.5 Å². The van der Waals surface area contributed by atoms with Gasteiger partial charge in [-0.3, -0.25) is 4.68 Å². The summed E-state index contributed by atoms with van der Waals surface area (Å²) < 4.78 is 8.00. The molecule has 0 aliphatic heterocycles. The van der Waals surface area contributed by atoms with Gasteiger partial charge in [0.25, 0.3) is 0 Å². The van der Waals surface area contributed by atoms with Crippen LogP contribution in [0, 0.1) is 22.7 Å². The molecule has 6 nitrogen and oxygen atoms in total. The number of aromatic nitrogens is 2. The molecule has 0 amide bonds. The Hall–Kier alpha value is -2.83. The summed E-state index contributed by atoms with van der Waals surface area (Å²) in [5.74, 6) is 1.20. The fourth-order valence-electron chi connectivity index (χ4n) is 2.56. The van der Waals surface area contributed by atoms with Crippen LogP contribution in [0.4, 0.5) is 0 Å². The number of hydrogen-bond acceptors (Lipinski definition) is 5. The average Bonchev–Trinajstić information content (AvgIpc) is 2.95. The summed E-state index contributed by atoms with van der Waals surface area (Å²) in [5, 5.41) is 22.8. The van der Waals surface area contributed by atoms with Crippen molar-refractivity contribution in [3.63, 3.8) is 0 Å². The van der Waals surface area contributed by atoms with Crippen LogP contribution in [0.1, 0.15) is 42.8 Å². The van der Waals surface area contributed by atoms with Crippen LogP contribution < -0.4 is 10.5 Å². The zero-order chi connectivity index (χ0) is 17.5. The molecule has 0 saturated heterocycles. The van der Waals surface area contributed by atoms with Crippen molar-refractivity contribution in [1.82, 2.24) is 9.78 Å². The molecule has 0 aliphatic carbocycles. The Morgan fingerprint density at radius 3 is 2.29 bits per heavy atom. The van der Waals surface area contributed by atoms with E-state index in [-0.39, 0.29) is 0 Å². The minimum atomic E-state index is 0.399. The molecule has 0 radical (unpaired) electrons. The van der Waals surface area contributed by atoms with Crippen molar-refractivity contribution < 1.29 is 4.74 Å². The highest BCUT2D eigenvalue weighted by Gasteiger charge is 2.18. The maximum absolute atomic E-state index is 9.11. The largest absolute Gasteiger partial charge is 0.453 e. The number of aryl methyl sites for hydroxylation is 2. The van der Waals surface area contributed by atoms with Gasteiger partial charge in [0, 0.05) is 6.54 Å². The molecule has 1 heterocycles. The van der Waals surface area contributed by atoms with Crippen LogP contribution in [0.5, 0.6) is 11.5 Å². The lowest BCUT2D eigenvalue weighted by atomic mass is 10.1. The molecule has 6 heteroatoms. The lowest BCUT2D eigenvalue weighted by molar-refractivity contribution is 0.466. The van der Waals surface area contributed by atoms with E-state index in [0.29, 0.717) is 23.4 Å². The predicted molar refractivity (Wildman–Crippen MR) is 90.6 cm³/mol. The van der Waals surface area contributed by atoms with Gasteiger partial charge in [0.2, 0.25) is 0 Å². The van der Waals surface area contributed by atoms with E-state index in [9.17, 15) is 0 Å². The van der Waals surface area contributed by atoms with Crippen molar-refractivity contribution in [2.75, 3.05) is 6.54 Å². The molecule has 0 saturated carbocycles. The van der Waals surface area contributed by atoms with E-state index in [1.165, 1.54) is 0 Å². The Kier molecular flexibility index (Phi) is 5.95. The third-order valence-corrected chi connectivity index (χ3v) is 3.71. The van der Waals surface area contributed by atoms with Crippen LogP contribution in [0.2, 0.25) is 0 Å². The van der Waals surface area contributed by atoms with E-state index in [0.717, 1.165) is 42.9 Å². The average molecular weight is 323 g/mol. The first-order chi connectivity index (χ1) is 11.7. The van der Waals surface area contributed by atoms with Gasteiger partial charge < -0.3 is 10.5 Å². The van der Waals surface area contributed by atoms with Gasteiger partial charge in [-0.05, 0) is 44.0 Å². The normalized spacial score (nSPS) is 10.2. The molecule has 2 N–H and O–H groups in total. The Labute approximate surface area is 142 Å². The van der Waals surface area contributed by atoms with Gasteiger partial charge in [-0.1, -0.05) is 13.8 Å². The SMILES string of the molecule is CCc1nn(CCCN)c(CC)c1Oc1cc(C#N)cc(C#N)c1. The first-order valence-corrected chi connectivity index (χ1v) is 8.08. The van der Waals surface area contributed by atoms with Crippen molar-refractivity contribution in [3.8, 4) is 23.6 Å². The summed E-state index contributed by atoms with van der Waals surface area (Å²) in [5.41, 5.74) is 8.26. The van der Waals surface area contributed by atoms with Crippen LogP contribution >= 0.6 is 0 Å². The van der Waals surface area contributed by atoms with Gasteiger partial charge >= 0.3 is 0 Å². The summed E-state index contributed by atoms with van der Waals surface area (Å²) >= 11 is 0. The molecule has 24 heavy (non-hydrogen) atoms. The van der Waals surface area contributed by atoms with Crippen molar-refractivity contribution in [2.45, 2.75) is 39.7 Å². The number of hydrogen-bond donors (Lipinski definition) is 1. The van der Waals surface area contributed by atoms with Gasteiger partial charge in [-0.15, -0.1) is 0 Å². The van der Waals surface area contributed by atoms with Crippen molar-refractivity contribution in [3.05, 3.63) is 40.7 Å². The third kappa shape index (κ3) is 3.73. The van der Waals surface area contributed by atoms with Crippen LogP contribution in [-0.2, 0) is 19.4 Å². The zero-order valence-electron chi connectivity index (χ0n) is 14.0. The second-order valence-corrected chi connectivity index (χ2v) is 5.37. The lowest BCUT2D eigenvalue weighted by Crippen LogP contribution is -2.09. The second-order valence-electron chi connectivity index (χ2n) is 5.37. The minimum Gasteiger partial charge on any atom is -0.453 e. The maximum Gasteiger partial charge on any atom is 0.171 e. The summed E-state index contributed by atoms with van der Waals surface area (Å²) in [4.78, 5) is 0. The lowest BCUT2D eigenvalue weighted by Gasteiger charge is -2.10. The van der Waals surface area contributed by atoms with E-state index in [2.05, 4.69) is 24.2 Å². The molecule has 124 valence electrons. The van der Waals surface area contributed by atoms with Crippen LogP contribution in [0.15, 0.2) is 18.2 Å². The fourth-order valence-corrected chi connectivity index (χ4v) is 2.56. The first kappa shape index (κ1) is 17.5. The monoisotopic (exact) mass is 323 g/mol. The Balaban J connectivity index is 2.44. The minimum absolute atomic E-state index is 0.399. The number of nitriles is 2. The molecule has 2 aromatic rings. The Bertz CT molecular complexity index is 763.